The fourth-order valence-electron chi connectivity index (χ4n) is 3.47. The molecule has 1 saturated carbocycles. The zero-order valence-electron chi connectivity index (χ0n) is 14.2. The van der Waals surface area contributed by atoms with Crippen molar-refractivity contribution in [2.24, 2.45) is 0 Å². The molecule has 1 aromatic rings. The van der Waals surface area contributed by atoms with Crippen LogP contribution in [-0.4, -0.2) is 43.2 Å². The molecule has 1 unspecified atom stereocenters. The van der Waals surface area contributed by atoms with Crippen molar-refractivity contribution in [1.82, 2.24) is 0 Å². The van der Waals surface area contributed by atoms with Crippen LogP contribution in [0, 0.1) is 0 Å². The van der Waals surface area contributed by atoms with E-state index in [1.807, 2.05) is 6.92 Å². The van der Waals surface area contributed by atoms with Crippen molar-refractivity contribution >= 4 is 17.6 Å². The quantitative estimate of drug-likeness (QED) is 0.383. The van der Waals surface area contributed by atoms with E-state index in [1.165, 1.54) is 32.1 Å². The molecule has 0 spiro atoms. The first-order chi connectivity index (χ1) is 10.4. The summed E-state index contributed by atoms with van der Waals surface area (Å²) in [5.74, 6) is -0.271. The number of carbonyl (C=O) groups is 1. The lowest BCUT2D eigenvalue weighted by molar-refractivity contribution is -0.918. The van der Waals surface area contributed by atoms with E-state index >= 15 is 0 Å². The number of esters is 1. The SMILES string of the molecule is CC(C[N+](C)(C)C1CCCCC1)OC(=O)c1ccc(Cl)cc1.[I-]. The van der Waals surface area contributed by atoms with Crippen molar-refractivity contribution in [1.29, 1.82) is 0 Å². The van der Waals surface area contributed by atoms with Crippen LogP contribution in [0.5, 0.6) is 0 Å². The van der Waals surface area contributed by atoms with E-state index in [0.717, 1.165) is 11.0 Å². The van der Waals surface area contributed by atoms with Crippen molar-refractivity contribution in [3.63, 3.8) is 0 Å². The summed E-state index contributed by atoms with van der Waals surface area (Å²) in [6.45, 7) is 2.83. The number of benzene rings is 1. The number of carbonyl (C=O) groups excluding carboxylic acids is 1. The first-order valence-electron chi connectivity index (χ1n) is 8.18. The van der Waals surface area contributed by atoms with Crippen LogP contribution in [0.1, 0.15) is 49.4 Å². The number of rotatable bonds is 5. The fourth-order valence-corrected chi connectivity index (χ4v) is 3.59. The summed E-state index contributed by atoms with van der Waals surface area (Å²) in [7, 11) is 4.51. The first-order valence-corrected chi connectivity index (χ1v) is 8.55. The molecule has 0 aromatic heterocycles. The second kappa shape index (κ2) is 9.23. The number of ether oxygens (including phenoxy) is 1. The molecule has 5 heteroatoms. The molecule has 3 nitrogen and oxygen atoms in total. The smallest absolute Gasteiger partial charge is 0.338 e. The van der Waals surface area contributed by atoms with Gasteiger partial charge < -0.3 is 33.2 Å². The van der Waals surface area contributed by atoms with Crippen LogP contribution in [0.15, 0.2) is 24.3 Å². The Morgan fingerprint density at radius 3 is 2.35 bits per heavy atom. The standard InChI is InChI=1S/C18H27ClNO2.HI/c1-14(13-20(2,3)17-7-5-4-6-8-17)22-18(21)15-9-11-16(19)12-10-15;/h9-12,14,17H,4-8,13H2,1-3H3;1H/q+1;/p-1. The summed E-state index contributed by atoms with van der Waals surface area (Å²) in [6, 6.07) is 7.53. The molecule has 0 N–H and O–H groups in total. The first kappa shape index (κ1) is 20.7. The fraction of sp³-hybridized carbons (Fsp3) is 0.611. The van der Waals surface area contributed by atoms with Gasteiger partial charge in [0, 0.05) is 5.02 Å². The van der Waals surface area contributed by atoms with Crippen LogP contribution in [0.3, 0.4) is 0 Å². The summed E-state index contributed by atoms with van der Waals surface area (Å²) < 4.78 is 6.53. The lowest BCUT2D eigenvalue weighted by Crippen LogP contribution is -3.00. The summed E-state index contributed by atoms with van der Waals surface area (Å²) in [6.07, 6.45) is 6.48. The zero-order valence-corrected chi connectivity index (χ0v) is 17.1. The number of hydrogen-bond donors (Lipinski definition) is 0. The van der Waals surface area contributed by atoms with E-state index in [2.05, 4.69) is 14.1 Å². The largest absolute Gasteiger partial charge is 1.00 e. The average Bonchev–Trinajstić information content (AvgIpc) is 2.48. The summed E-state index contributed by atoms with van der Waals surface area (Å²) in [5.41, 5.74) is 0.555. The highest BCUT2D eigenvalue weighted by molar-refractivity contribution is 6.30. The van der Waals surface area contributed by atoms with E-state index in [-0.39, 0.29) is 36.0 Å². The van der Waals surface area contributed by atoms with E-state index in [1.54, 1.807) is 24.3 Å². The van der Waals surface area contributed by atoms with Crippen LogP contribution < -0.4 is 24.0 Å². The Kier molecular flexibility index (Phi) is 8.31. The highest BCUT2D eigenvalue weighted by Gasteiger charge is 2.32. The maximum atomic E-state index is 12.2. The average molecular weight is 452 g/mol. The molecule has 1 fully saturated rings. The molecule has 2 rings (SSSR count). The van der Waals surface area contributed by atoms with Gasteiger partial charge in [-0.3, -0.25) is 0 Å². The molecule has 0 saturated heterocycles. The minimum absolute atomic E-state index is 0. The molecular weight excluding hydrogens is 425 g/mol. The molecule has 0 amide bonds. The van der Waals surface area contributed by atoms with Crippen molar-refractivity contribution in [2.75, 3.05) is 20.6 Å². The third-order valence-corrected chi connectivity index (χ3v) is 4.93. The van der Waals surface area contributed by atoms with E-state index in [9.17, 15) is 4.79 Å². The Morgan fingerprint density at radius 2 is 1.78 bits per heavy atom. The van der Waals surface area contributed by atoms with E-state index in [0.29, 0.717) is 16.6 Å². The molecule has 1 aliphatic rings. The summed E-state index contributed by atoms with van der Waals surface area (Å²) >= 11 is 5.84. The van der Waals surface area contributed by atoms with Gasteiger partial charge in [-0.05, 0) is 56.9 Å². The van der Waals surface area contributed by atoms with Gasteiger partial charge in [-0.15, -0.1) is 0 Å². The summed E-state index contributed by atoms with van der Waals surface area (Å²) in [4.78, 5) is 12.2. The maximum Gasteiger partial charge on any atom is 0.338 e. The molecule has 23 heavy (non-hydrogen) atoms. The second-order valence-electron chi connectivity index (χ2n) is 6.98. The molecule has 0 heterocycles. The number of likely N-dealkylation sites (N-methyl/N-ethyl adjacent to an activating group) is 1. The molecular formula is C18H27ClINO2. The molecule has 1 aliphatic carbocycles. The van der Waals surface area contributed by atoms with Gasteiger partial charge in [0.1, 0.15) is 12.6 Å². The van der Waals surface area contributed by atoms with Crippen LogP contribution in [-0.2, 0) is 4.74 Å². The zero-order chi connectivity index (χ0) is 16.2. The molecule has 1 aromatic carbocycles. The number of halogens is 2. The lowest BCUT2D eigenvalue weighted by atomic mass is 9.93. The van der Waals surface area contributed by atoms with Crippen molar-refractivity contribution in [2.45, 2.75) is 51.2 Å². The third kappa shape index (κ3) is 6.24. The van der Waals surface area contributed by atoms with Gasteiger partial charge in [0.15, 0.2) is 0 Å². The molecule has 0 bridgehead atoms. The number of nitrogens with zero attached hydrogens (tertiary/aromatic N) is 1. The van der Waals surface area contributed by atoms with Crippen molar-refractivity contribution in [3.05, 3.63) is 34.9 Å². The lowest BCUT2D eigenvalue weighted by Gasteiger charge is -2.41. The molecule has 0 aliphatic heterocycles. The summed E-state index contributed by atoms with van der Waals surface area (Å²) in [5, 5.41) is 0.625. The number of quaternary nitrogens is 1. The topological polar surface area (TPSA) is 26.3 Å². The number of hydrogen-bond acceptors (Lipinski definition) is 2. The highest BCUT2D eigenvalue weighted by atomic mass is 127. The minimum atomic E-state index is -0.271. The molecule has 1 atom stereocenters. The second-order valence-corrected chi connectivity index (χ2v) is 7.41. The Balaban J connectivity index is 0.00000264. The van der Waals surface area contributed by atoms with Crippen molar-refractivity contribution < 1.29 is 38.0 Å². The van der Waals surface area contributed by atoms with Crippen LogP contribution in [0.4, 0.5) is 0 Å². The van der Waals surface area contributed by atoms with Gasteiger partial charge >= 0.3 is 5.97 Å². The predicted molar refractivity (Wildman–Crippen MR) is 90.2 cm³/mol. The van der Waals surface area contributed by atoms with Crippen LogP contribution in [0.2, 0.25) is 5.02 Å². The third-order valence-electron chi connectivity index (χ3n) is 4.68. The Morgan fingerprint density at radius 1 is 1.22 bits per heavy atom. The van der Waals surface area contributed by atoms with E-state index < -0.39 is 0 Å². The van der Waals surface area contributed by atoms with Gasteiger partial charge in [0.2, 0.25) is 0 Å². The predicted octanol–water partition coefficient (Wildman–Crippen LogP) is 1.30. The normalized spacial score (nSPS) is 17.2. The molecule has 0 radical (unpaired) electrons. The van der Waals surface area contributed by atoms with Gasteiger partial charge in [-0.25, -0.2) is 4.79 Å². The van der Waals surface area contributed by atoms with E-state index in [4.69, 9.17) is 16.3 Å². The van der Waals surface area contributed by atoms with Crippen LogP contribution >= 0.6 is 11.6 Å². The highest BCUT2D eigenvalue weighted by Crippen LogP contribution is 2.26. The monoisotopic (exact) mass is 451 g/mol. The van der Waals surface area contributed by atoms with Crippen molar-refractivity contribution in [3.8, 4) is 0 Å². The minimum Gasteiger partial charge on any atom is -1.00 e. The Bertz CT molecular complexity index is 498. The van der Waals surface area contributed by atoms with Crippen LogP contribution in [0.25, 0.3) is 0 Å². The van der Waals surface area contributed by atoms with Gasteiger partial charge in [-0.1, -0.05) is 18.0 Å². The van der Waals surface area contributed by atoms with Gasteiger partial charge in [0.25, 0.3) is 0 Å². The Hall–Kier alpha value is -0.330. The molecule has 130 valence electrons. The van der Waals surface area contributed by atoms with Gasteiger partial charge in [0.05, 0.1) is 25.7 Å². The maximum absolute atomic E-state index is 12.2. The van der Waals surface area contributed by atoms with Gasteiger partial charge in [-0.2, -0.15) is 0 Å². The Labute approximate surface area is 161 Å².